The van der Waals surface area contributed by atoms with Crippen molar-refractivity contribution in [3.8, 4) is 0 Å². The Kier molecular flexibility index (Phi) is 3.48. The lowest BCUT2D eigenvalue weighted by molar-refractivity contribution is 0.0243. The van der Waals surface area contributed by atoms with E-state index in [9.17, 15) is 9.18 Å². The van der Waals surface area contributed by atoms with Crippen LogP contribution in [0.15, 0.2) is 18.5 Å². The predicted octanol–water partition coefficient (Wildman–Crippen LogP) is 0.995. The number of rotatable bonds is 4. The largest absolute Gasteiger partial charge is 0.368 e. The van der Waals surface area contributed by atoms with Crippen LogP contribution in [0.1, 0.15) is 23.2 Å². The van der Waals surface area contributed by atoms with Crippen LogP contribution >= 0.6 is 12.1 Å². The maximum absolute atomic E-state index is 13.6. The smallest absolute Gasteiger partial charge is 0.252 e. The van der Waals surface area contributed by atoms with Crippen LogP contribution in [-0.4, -0.2) is 46.0 Å². The number of amides is 1. The van der Waals surface area contributed by atoms with Crippen LogP contribution in [0.25, 0.3) is 5.52 Å². The molecule has 7 nitrogen and oxygen atoms in total. The van der Waals surface area contributed by atoms with Gasteiger partial charge in [0.1, 0.15) is 5.82 Å². The fourth-order valence-electron chi connectivity index (χ4n) is 3.99. The molecule has 2 aliphatic rings. The number of nitrogens with zero attached hydrogens (tertiary/aromatic N) is 4. The number of fused-ring (bicyclic) bond motifs is 1. The maximum Gasteiger partial charge on any atom is 0.252 e. The first-order valence-electron chi connectivity index (χ1n) is 7.74. The van der Waals surface area contributed by atoms with Gasteiger partial charge in [0.2, 0.25) is 0 Å². The van der Waals surface area contributed by atoms with E-state index in [0.29, 0.717) is 22.8 Å². The fourth-order valence-corrected chi connectivity index (χ4v) is 4.31. The lowest BCUT2D eigenvalue weighted by Gasteiger charge is -2.61. The summed E-state index contributed by atoms with van der Waals surface area (Å²) >= 11 is 1.26. The standard InChI is InChI=1S/C15H19FN6OS/c1-20(24-18)10-3-15(4-10)7-21(8-15)13-11(14(17)23)5-19-22-6-9(16)2-12(13)22/h2,5-6,10H,3-4,7-8,18H2,1H3,(H2,17,23). The number of hydrogen-bond donors (Lipinski definition) is 2. The van der Waals surface area contributed by atoms with Gasteiger partial charge in [-0.2, -0.15) is 5.10 Å². The highest BCUT2D eigenvalue weighted by Crippen LogP contribution is 2.52. The van der Waals surface area contributed by atoms with Gasteiger partial charge >= 0.3 is 0 Å². The number of halogens is 1. The molecule has 0 unspecified atom stereocenters. The molecule has 0 bridgehead atoms. The third kappa shape index (κ3) is 2.27. The number of hydrogen-bond acceptors (Lipinski definition) is 6. The molecular weight excluding hydrogens is 331 g/mol. The van der Waals surface area contributed by atoms with Crippen molar-refractivity contribution < 1.29 is 9.18 Å². The highest BCUT2D eigenvalue weighted by atomic mass is 32.2. The SMILES string of the molecule is CN(SN)C1CC2(C1)CN(c1c(C(N)=O)cnn3cc(F)cc13)C2. The predicted molar refractivity (Wildman–Crippen MR) is 90.9 cm³/mol. The van der Waals surface area contributed by atoms with Crippen molar-refractivity contribution in [2.45, 2.75) is 18.9 Å². The summed E-state index contributed by atoms with van der Waals surface area (Å²) in [5, 5.41) is 9.67. The zero-order valence-corrected chi connectivity index (χ0v) is 14.1. The number of nitrogens with two attached hydrogens (primary N) is 2. The average Bonchev–Trinajstić information content (AvgIpc) is 2.83. The van der Waals surface area contributed by atoms with Gasteiger partial charge < -0.3 is 10.6 Å². The summed E-state index contributed by atoms with van der Waals surface area (Å²) in [5.74, 6) is -0.931. The summed E-state index contributed by atoms with van der Waals surface area (Å²) in [5.41, 5.74) is 7.34. The number of carbonyl (C=O) groups is 1. The second kappa shape index (κ2) is 5.33. The van der Waals surface area contributed by atoms with E-state index in [1.807, 2.05) is 7.05 Å². The molecule has 3 heterocycles. The van der Waals surface area contributed by atoms with E-state index in [2.05, 4.69) is 14.3 Å². The van der Waals surface area contributed by atoms with Crippen LogP contribution in [0, 0.1) is 11.2 Å². The average molecular weight is 350 g/mol. The molecule has 1 spiro atoms. The Hall–Kier alpha value is -1.84. The van der Waals surface area contributed by atoms with Crippen molar-refractivity contribution in [1.29, 1.82) is 0 Å². The summed E-state index contributed by atoms with van der Waals surface area (Å²) < 4.78 is 17.1. The van der Waals surface area contributed by atoms with Crippen molar-refractivity contribution >= 4 is 29.2 Å². The Labute approximate surface area is 143 Å². The molecule has 1 saturated heterocycles. The molecule has 0 radical (unpaired) electrons. The third-order valence-corrected chi connectivity index (χ3v) is 5.86. The van der Waals surface area contributed by atoms with Gasteiger partial charge in [0.15, 0.2) is 0 Å². The molecule has 2 fully saturated rings. The van der Waals surface area contributed by atoms with Crippen molar-refractivity contribution in [2.24, 2.45) is 16.3 Å². The van der Waals surface area contributed by atoms with Crippen molar-refractivity contribution in [1.82, 2.24) is 13.9 Å². The van der Waals surface area contributed by atoms with E-state index >= 15 is 0 Å². The first kappa shape index (κ1) is 15.7. The zero-order valence-electron chi connectivity index (χ0n) is 13.3. The number of aromatic nitrogens is 2. The van der Waals surface area contributed by atoms with Gasteiger partial charge in [0, 0.05) is 42.7 Å². The Morgan fingerprint density at radius 3 is 2.83 bits per heavy atom. The molecule has 4 rings (SSSR count). The quantitative estimate of drug-likeness (QED) is 0.799. The van der Waals surface area contributed by atoms with E-state index in [0.717, 1.165) is 25.9 Å². The molecule has 128 valence electrons. The molecule has 1 saturated carbocycles. The first-order valence-corrected chi connectivity index (χ1v) is 8.57. The molecule has 0 atom stereocenters. The van der Waals surface area contributed by atoms with Crippen molar-refractivity contribution in [3.63, 3.8) is 0 Å². The number of anilines is 1. The van der Waals surface area contributed by atoms with Gasteiger partial charge in [-0.3, -0.25) is 9.93 Å². The molecule has 2 aromatic rings. The van der Waals surface area contributed by atoms with E-state index < -0.39 is 5.91 Å². The van der Waals surface area contributed by atoms with E-state index in [4.69, 9.17) is 10.9 Å². The number of primary amides is 1. The summed E-state index contributed by atoms with van der Waals surface area (Å²) in [6.45, 7) is 1.67. The highest BCUT2D eigenvalue weighted by Gasteiger charge is 2.54. The van der Waals surface area contributed by atoms with Gasteiger partial charge in [-0.05, 0) is 19.9 Å². The highest BCUT2D eigenvalue weighted by molar-refractivity contribution is 7.94. The van der Waals surface area contributed by atoms with Crippen molar-refractivity contribution in [2.75, 3.05) is 25.0 Å². The Bertz CT molecular complexity index is 810. The van der Waals surface area contributed by atoms with E-state index in [1.54, 1.807) is 0 Å². The molecule has 4 N–H and O–H groups in total. The summed E-state index contributed by atoms with van der Waals surface area (Å²) in [6.07, 6.45) is 4.86. The first-order chi connectivity index (χ1) is 11.4. The van der Waals surface area contributed by atoms with Crippen LogP contribution in [-0.2, 0) is 0 Å². The second-order valence-corrected chi connectivity index (χ2v) is 7.62. The molecule has 1 aliphatic heterocycles. The summed E-state index contributed by atoms with van der Waals surface area (Å²) in [4.78, 5) is 13.9. The monoisotopic (exact) mass is 350 g/mol. The zero-order chi connectivity index (χ0) is 17.1. The lowest BCUT2D eigenvalue weighted by atomic mass is 9.60. The Balaban J connectivity index is 1.60. The molecule has 2 aromatic heterocycles. The van der Waals surface area contributed by atoms with Gasteiger partial charge in [-0.1, -0.05) is 0 Å². The number of carbonyl (C=O) groups excluding carboxylic acids is 1. The molecule has 24 heavy (non-hydrogen) atoms. The van der Waals surface area contributed by atoms with Crippen molar-refractivity contribution in [3.05, 3.63) is 29.8 Å². The topological polar surface area (TPSA) is 92.9 Å². The van der Waals surface area contributed by atoms with Gasteiger partial charge in [-0.25, -0.2) is 13.2 Å². The van der Waals surface area contributed by atoms with E-state index in [-0.39, 0.29) is 11.2 Å². The molecule has 1 aliphatic carbocycles. The normalized spacial score (nSPS) is 19.8. The van der Waals surface area contributed by atoms with Gasteiger partial charge in [-0.15, -0.1) is 0 Å². The lowest BCUT2D eigenvalue weighted by Crippen LogP contribution is -2.66. The van der Waals surface area contributed by atoms with Gasteiger partial charge in [0.05, 0.1) is 29.2 Å². The minimum Gasteiger partial charge on any atom is -0.368 e. The summed E-state index contributed by atoms with van der Waals surface area (Å²) in [7, 11) is 2.00. The molecule has 0 aromatic carbocycles. The summed E-state index contributed by atoms with van der Waals surface area (Å²) in [6, 6.07) is 1.88. The van der Waals surface area contributed by atoms with Gasteiger partial charge in [0.25, 0.3) is 5.91 Å². The van der Waals surface area contributed by atoms with E-state index in [1.165, 1.54) is 35.1 Å². The van der Waals surface area contributed by atoms with Crippen LogP contribution < -0.4 is 15.8 Å². The minimum absolute atomic E-state index is 0.259. The molecular formula is C15H19FN6OS. The van der Waals surface area contributed by atoms with Crippen LogP contribution in [0.2, 0.25) is 0 Å². The molecule has 1 amide bonds. The Morgan fingerprint density at radius 1 is 1.50 bits per heavy atom. The fraction of sp³-hybridized carbons (Fsp3) is 0.467. The second-order valence-electron chi connectivity index (χ2n) is 6.83. The Morgan fingerprint density at radius 2 is 2.21 bits per heavy atom. The minimum atomic E-state index is -0.548. The molecule has 9 heteroatoms. The van der Waals surface area contributed by atoms with Crippen LogP contribution in [0.5, 0.6) is 0 Å². The maximum atomic E-state index is 13.6. The van der Waals surface area contributed by atoms with Crippen LogP contribution in [0.3, 0.4) is 0 Å². The van der Waals surface area contributed by atoms with Crippen LogP contribution in [0.4, 0.5) is 10.1 Å². The third-order valence-electron chi connectivity index (χ3n) is 5.23.